The van der Waals surface area contributed by atoms with Gasteiger partial charge in [-0.05, 0) is 26.0 Å². The van der Waals surface area contributed by atoms with Gasteiger partial charge in [0.05, 0.1) is 6.61 Å². The Morgan fingerprint density at radius 1 is 1.26 bits per heavy atom. The summed E-state index contributed by atoms with van der Waals surface area (Å²) >= 11 is 0. The lowest BCUT2D eigenvalue weighted by molar-refractivity contribution is -0.126. The number of carbonyl (C=O) groups excluding carboxylic acids is 2. The monoisotopic (exact) mass is 266 g/mol. The third-order valence-electron chi connectivity index (χ3n) is 2.29. The van der Waals surface area contributed by atoms with Crippen molar-refractivity contribution in [1.29, 1.82) is 0 Å². The Morgan fingerprint density at radius 3 is 2.47 bits per heavy atom. The zero-order valence-electron chi connectivity index (χ0n) is 11.2. The van der Waals surface area contributed by atoms with Crippen LogP contribution in [-0.4, -0.2) is 31.7 Å². The topological polar surface area (TPSA) is 76.7 Å². The van der Waals surface area contributed by atoms with Gasteiger partial charge in [0.25, 0.3) is 5.91 Å². The third kappa shape index (κ3) is 4.50. The van der Waals surface area contributed by atoms with Crippen LogP contribution in [0.2, 0.25) is 0 Å². The summed E-state index contributed by atoms with van der Waals surface area (Å²) in [7, 11) is 1.43. The van der Waals surface area contributed by atoms with Crippen molar-refractivity contribution in [2.75, 3.05) is 13.7 Å². The number of hydrogen-bond donors (Lipinski definition) is 2. The van der Waals surface area contributed by atoms with Crippen LogP contribution in [0.25, 0.3) is 0 Å². The highest BCUT2D eigenvalue weighted by molar-refractivity contribution is 5.96. The van der Waals surface area contributed by atoms with Gasteiger partial charge in [-0.15, -0.1) is 0 Å². The summed E-state index contributed by atoms with van der Waals surface area (Å²) in [5.41, 5.74) is 0. The molecule has 0 saturated heterocycles. The van der Waals surface area contributed by atoms with E-state index < -0.39 is 18.0 Å². The molecular weight excluding hydrogens is 248 g/mol. The lowest BCUT2D eigenvalue weighted by Gasteiger charge is -2.16. The number of rotatable bonds is 5. The van der Waals surface area contributed by atoms with E-state index in [1.807, 2.05) is 13.0 Å². The average Bonchev–Trinajstić information content (AvgIpc) is 2.41. The van der Waals surface area contributed by atoms with Crippen LogP contribution in [0.4, 0.5) is 4.79 Å². The van der Waals surface area contributed by atoms with Crippen molar-refractivity contribution in [3.05, 3.63) is 24.3 Å². The van der Waals surface area contributed by atoms with Crippen molar-refractivity contribution in [3.8, 4) is 11.5 Å². The third-order valence-corrected chi connectivity index (χ3v) is 2.29. The number of carbonyl (C=O) groups is 2. The Kier molecular flexibility index (Phi) is 5.66. The standard InChI is InChI=1S/C13H18N2O4/c1-4-18-10-7-5-6-8-11(10)19-9(2)12(16)15-13(17)14-3/h5-9H,4H2,1-3H3,(H2,14,15,16,17)/t9-/m0/s1. The van der Waals surface area contributed by atoms with E-state index in [4.69, 9.17) is 9.47 Å². The molecule has 0 bridgehead atoms. The van der Waals surface area contributed by atoms with Crippen LogP contribution in [0.3, 0.4) is 0 Å². The summed E-state index contributed by atoms with van der Waals surface area (Å²) in [6.07, 6.45) is -0.807. The predicted octanol–water partition coefficient (Wildman–Crippen LogP) is 1.31. The summed E-state index contributed by atoms with van der Waals surface area (Å²) in [6.45, 7) is 3.92. The van der Waals surface area contributed by atoms with Crippen LogP contribution in [0.15, 0.2) is 24.3 Å². The molecule has 2 N–H and O–H groups in total. The molecular formula is C13H18N2O4. The van der Waals surface area contributed by atoms with E-state index in [0.717, 1.165) is 0 Å². The van der Waals surface area contributed by atoms with Crippen LogP contribution in [0, 0.1) is 0 Å². The Morgan fingerprint density at radius 2 is 1.89 bits per heavy atom. The molecule has 6 nitrogen and oxygen atoms in total. The largest absolute Gasteiger partial charge is 0.490 e. The van der Waals surface area contributed by atoms with E-state index in [9.17, 15) is 9.59 Å². The van der Waals surface area contributed by atoms with Crippen molar-refractivity contribution >= 4 is 11.9 Å². The fraction of sp³-hybridized carbons (Fsp3) is 0.385. The van der Waals surface area contributed by atoms with Crippen molar-refractivity contribution in [3.63, 3.8) is 0 Å². The first kappa shape index (κ1) is 14.8. The van der Waals surface area contributed by atoms with Gasteiger partial charge in [-0.1, -0.05) is 12.1 Å². The number of imide groups is 1. The number of para-hydroxylation sites is 2. The first-order valence-electron chi connectivity index (χ1n) is 5.99. The van der Waals surface area contributed by atoms with Crippen LogP contribution >= 0.6 is 0 Å². The SMILES string of the molecule is CCOc1ccccc1O[C@@H](C)C(=O)NC(=O)NC. The summed E-state index contributed by atoms with van der Waals surface area (Å²) in [5.74, 6) is 0.499. The predicted molar refractivity (Wildman–Crippen MR) is 70.3 cm³/mol. The zero-order valence-corrected chi connectivity index (χ0v) is 11.2. The molecule has 1 atom stereocenters. The van der Waals surface area contributed by atoms with E-state index in [2.05, 4.69) is 10.6 Å². The minimum absolute atomic E-state index is 0.462. The average molecular weight is 266 g/mol. The van der Waals surface area contributed by atoms with Gasteiger partial charge < -0.3 is 14.8 Å². The molecule has 0 aliphatic rings. The number of amides is 3. The Labute approximate surface area is 112 Å². The summed E-state index contributed by atoms with van der Waals surface area (Å²) in [6, 6.07) is 6.48. The molecule has 0 unspecified atom stereocenters. The van der Waals surface area contributed by atoms with Gasteiger partial charge in [0.2, 0.25) is 0 Å². The number of benzene rings is 1. The first-order chi connectivity index (χ1) is 9.08. The molecule has 0 saturated carbocycles. The Bertz CT molecular complexity index is 448. The van der Waals surface area contributed by atoms with Gasteiger partial charge in [-0.25, -0.2) is 4.79 Å². The van der Waals surface area contributed by atoms with Crippen molar-refractivity contribution in [1.82, 2.24) is 10.6 Å². The van der Waals surface area contributed by atoms with Crippen molar-refractivity contribution in [2.45, 2.75) is 20.0 Å². The Hall–Kier alpha value is -2.24. The normalized spacial score (nSPS) is 11.3. The smallest absolute Gasteiger partial charge is 0.321 e. The van der Waals surface area contributed by atoms with Crippen LogP contribution in [0.5, 0.6) is 11.5 Å². The number of hydrogen-bond acceptors (Lipinski definition) is 4. The lowest BCUT2D eigenvalue weighted by atomic mass is 10.3. The molecule has 0 aliphatic heterocycles. The molecule has 0 aliphatic carbocycles. The molecule has 1 aromatic carbocycles. The maximum absolute atomic E-state index is 11.6. The van der Waals surface area contributed by atoms with Gasteiger partial charge in [0.1, 0.15) is 0 Å². The fourth-order valence-corrected chi connectivity index (χ4v) is 1.34. The second kappa shape index (κ2) is 7.25. The van der Waals surface area contributed by atoms with E-state index in [1.165, 1.54) is 7.05 Å². The minimum atomic E-state index is -0.807. The molecule has 0 aromatic heterocycles. The molecule has 0 fully saturated rings. The Balaban J connectivity index is 2.68. The van der Waals surface area contributed by atoms with Gasteiger partial charge in [-0.2, -0.15) is 0 Å². The second-order valence-corrected chi connectivity index (χ2v) is 3.71. The van der Waals surface area contributed by atoms with Gasteiger partial charge in [0, 0.05) is 7.05 Å². The molecule has 0 radical (unpaired) electrons. The van der Waals surface area contributed by atoms with E-state index in [-0.39, 0.29) is 0 Å². The first-order valence-corrected chi connectivity index (χ1v) is 5.99. The van der Waals surface area contributed by atoms with Gasteiger partial charge >= 0.3 is 6.03 Å². The van der Waals surface area contributed by atoms with Crippen molar-refractivity contribution < 1.29 is 19.1 Å². The highest BCUT2D eigenvalue weighted by atomic mass is 16.5. The quantitative estimate of drug-likeness (QED) is 0.842. The molecule has 0 heterocycles. The van der Waals surface area contributed by atoms with Gasteiger partial charge in [-0.3, -0.25) is 10.1 Å². The van der Waals surface area contributed by atoms with Crippen molar-refractivity contribution in [2.24, 2.45) is 0 Å². The minimum Gasteiger partial charge on any atom is -0.490 e. The van der Waals surface area contributed by atoms with Crippen LogP contribution in [-0.2, 0) is 4.79 Å². The van der Waals surface area contributed by atoms with Gasteiger partial charge in [0.15, 0.2) is 17.6 Å². The second-order valence-electron chi connectivity index (χ2n) is 3.71. The molecule has 1 rings (SSSR count). The molecule has 1 aromatic rings. The summed E-state index contributed by atoms with van der Waals surface area (Å²) in [5, 5.41) is 4.44. The van der Waals surface area contributed by atoms with E-state index >= 15 is 0 Å². The maximum atomic E-state index is 11.6. The summed E-state index contributed by atoms with van der Waals surface area (Å²) < 4.78 is 10.9. The number of urea groups is 1. The van der Waals surface area contributed by atoms with E-state index in [1.54, 1.807) is 25.1 Å². The fourth-order valence-electron chi connectivity index (χ4n) is 1.34. The number of nitrogens with one attached hydrogen (secondary N) is 2. The maximum Gasteiger partial charge on any atom is 0.321 e. The summed E-state index contributed by atoms with van der Waals surface area (Å²) in [4.78, 5) is 22.7. The van der Waals surface area contributed by atoms with Crippen LogP contribution < -0.4 is 20.1 Å². The zero-order chi connectivity index (χ0) is 14.3. The highest BCUT2D eigenvalue weighted by Gasteiger charge is 2.18. The molecule has 3 amide bonds. The lowest BCUT2D eigenvalue weighted by Crippen LogP contribution is -2.43. The molecule has 0 spiro atoms. The number of ether oxygens (including phenoxy) is 2. The van der Waals surface area contributed by atoms with Crippen LogP contribution in [0.1, 0.15) is 13.8 Å². The molecule has 6 heteroatoms. The van der Waals surface area contributed by atoms with E-state index in [0.29, 0.717) is 18.1 Å². The molecule has 104 valence electrons. The molecule has 19 heavy (non-hydrogen) atoms. The highest BCUT2D eigenvalue weighted by Crippen LogP contribution is 2.27.